The molecule has 1 N–H and O–H groups in total. The fraction of sp³-hybridized carbons (Fsp3) is 0.833. The molecule has 0 unspecified atom stereocenters. The lowest BCUT2D eigenvalue weighted by molar-refractivity contribution is -0.116. The number of ketones is 1. The van der Waals surface area contributed by atoms with Crippen molar-refractivity contribution >= 4 is 20.3 Å². The maximum absolute atomic E-state index is 11.6. The Kier molecular flexibility index (Phi) is 8.89. The van der Waals surface area contributed by atoms with Gasteiger partial charge in [-0.3, -0.25) is 4.79 Å². The van der Waals surface area contributed by atoms with Gasteiger partial charge in [-0.25, -0.2) is 4.79 Å². The van der Waals surface area contributed by atoms with Crippen LogP contribution in [0.25, 0.3) is 0 Å². The van der Waals surface area contributed by atoms with Crippen LogP contribution in [0.2, 0.25) is 0 Å². The predicted octanol–water partition coefficient (Wildman–Crippen LogP) is 2.47. The Morgan fingerprint density at radius 2 is 1.74 bits per heavy atom. The Morgan fingerprint density at radius 3 is 2.21 bits per heavy atom. The van der Waals surface area contributed by atoms with Gasteiger partial charge >= 0.3 is 6.09 Å². The third kappa shape index (κ3) is 10.9. The maximum atomic E-state index is 11.6. The molecule has 112 valence electrons. The van der Waals surface area contributed by atoms with Crippen molar-refractivity contribution in [3.8, 4) is 0 Å². The lowest BCUT2D eigenvalue weighted by Gasteiger charge is -2.19. The Labute approximate surface area is 116 Å². The Balaban J connectivity index is 3.69. The molecule has 6 nitrogen and oxygen atoms in total. The molecule has 0 aromatic carbocycles. The van der Waals surface area contributed by atoms with Gasteiger partial charge < -0.3 is 19.1 Å². The Hall–Kier alpha value is -0.710. The standard InChI is InChI=1S/C12H24NO5P/c1-12(2,3)18-11(15)13-8-6-7-10(14)9-19(16-4)17-5/h6-9H2,1-5H3,(H,13,15). The number of nitrogens with one attached hydrogen (secondary N) is 1. The average Bonchev–Trinajstić information content (AvgIpc) is 2.29. The summed E-state index contributed by atoms with van der Waals surface area (Å²) in [5.74, 6) is 0.0702. The summed E-state index contributed by atoms with van der Waals surface area (Å²) in [6, 6.07) is 0. The second kappa shape index (κ2) is 9.23. The second-order valence-corrected chi connectivity index (χ2v) is 6.64. The van der Waals surface area contributed by atoms with Crippen LogP contribution in [0.5, 0.6) is 0 Å². The monoisotopic (exact) mass is 293 g/mol. The highest BCUT2D eigenvalue weighted by molar-refractivity contribution is 7.48. The molecule has 0 bridgehead atoms. The molecule has 0 aliphatic heterocycles. The van der Waals surface area contributed by atoms with Gasteiger partial charge in [-0.1, -0.05) is 0 Å². The molecule has 7 heteroatoms. The van der Waals surface area contributed by atoms with E-state index in [0.717, 1.165) is 0 Å². The summed E-state index contributed by atoms with van der Waals surface area (Å²) in [4.78, 5) is 22.9. The van der Waals surface area contributed by atoms with Crippen LogP contribution in [0.15, 0.2) is 0 Å². The molecule has 0 heterocycles. The minimum Gasteiger partial charge on any atom is -0.444 e. The molecular formula is C12H24NO5P. The van der Waals surface area contributed by atoms with Crippen molar-refractivity contribution in [2.45, 2.75) is 39.2 Å². The summed E-state index contributed by atoms with van der Waals surface area (Å²) >= 11 is 0. The van der Waals surface area contributed by atoms with Crippen molar-refractivity contribution in [2.75, 3.05) is 26.9 Å². The molecule has 1 amide bonds. The van der Waals surface area contributed by atoms with Crippen molar-refractivity contribution in [3.63, 3.8) is 0 Å². The van der Waals surface area contributed by atoms with Gasteiger partial charge in [0.05, 0.1) is 6.16 Å². The van der Waals surface area contributed by atoms with Crippen molar-refractivity contribution in [1.29, 1.82) is 0 Å². The van der Waals surface area contributed by atoms with Gasteiger partial charge in [-0.05, 0) is 27.2 Å². The minimum absolute atomic E-state index is 0.0702. The van der Waals surface area contributed by atoms with Gasteiger partial charge in [0.25, 0.3) is 0 Å². The first-order chi connectivity index (χ1) is 8.78. The molecule has 0 radical (unpaired) electrons. The topological polar surface area (TPSA) is 73.9 Å². The lowest BCUT2D eigenvalue weighted by Crippen LogP contribution is -2.33. The summed E-state index contributed by atoms with van der Waals surface area (Å²) in [5, 5.41) is 2.61. The quantitative estimate of drug-likeness (QED) is 0.549. The molecule has 0 aliphatic rings. The van der Waals surface area contributed by atoms with Crippen LogP contribution >= 0.6 is 8.38 Å². The first-order valence-corrected chi connectivity index (χ1v) is 7.49. The van der Waals surface area contributed by atoms with Gasteiger partial charge in [0.1, 0.15) is 11.4 Å². The lowest BCUT2D eigenvalue weighted by atomic mass is 10.2. The number of carbonyl (C=O) groups excluding carboxylic acids is 2. The maximum Gasteiger partial charge on any atom is 0.407 e. The van der Waals surface area contributed by atoms with E-state index in [1.165, 1.54) is 14.2 Å². The number of rotatable bonds is 8. The summed E-state index contributed by atoms with van der Waals surface area (Å²) in [6.45, 7) is 5.81. The molecule has 0 aromatic rings. The van der Waals surface area contributed by atoms with Crippen LogP contribution in [-0.2, 0) is 18.6 Å². The minimum atomic E-state index is -1.11. The number of hydrogen-bond acceptors (Lipinski definition) is 5. The van der Waals surface area contributed by atoms with E-state index in [1.807, 2.05) is 0 Å². The van der Waals surface area contributed by atoms with E-state index in [-0.39, 0.29) is 11.9 Å². The summed E-state index contributed by atoms with van der Waals surface area (Å²) in [5.41, 5.74) is -0.507. The van der Waals surface area contributed by atoms with Crippen LogP contribution < -0.4 is 5.32 Å². The molecule has 0 rings (SSSR count). The Morgan fingerprint density at radius 1 is 1.16 bits per heavy atom. The van der Waals surface area contributed by atoms with E-state index >= 15 is 0 Å². The SMILES string of the molecule is COP(CC(=O)CCCNC(=O)OC(C)(C)C)OC. The van der Waals surface area contributed by atoms with Crippen molar-refractivity contribution in [2.24, 2.45) is 0 Å². The number of Topliss-reactive ketones (excluding diaryl/α,β-unsaturated/α-hetero) is 1. The number of hydrogen-bond donors (Lipinski definition) is 1. The second-order valence-electron chi connectivity index (χ2n) is 4.93. The highest BCUT2D eigenvalue weighted by Crippen LogP contribution is 2.35. The smallest absolute Gasteiger partial charge is 0.407 e. The van der Waals surface area contributed by atoms with Crippen LogP contribution in [0.4, 0.5) is 4.79 Å². The third-order valence-electron chi connectivity index (χ3n) is 2.01. The number of ether oxygens (including phenoxy) is 1. The number of carbonyl (C=O) groups is 2. The highest BCUT2D eigenvalue weighted by atomic mass is 31.2. The normalized spacial score (nSPS) is 11.5. The van der Waals surface area contributed by atoms with Crippen molar-refractivity contribution in [1.82, 2.24) is 5.32 Å². The van der Waals surface area contributed by atoms with Gasteiger partial charge in [0, 0.05) is 27.2 Å². The first kappa shape index (κ1) is 18.3. The first-order valence-electron chi connectivity index (χ1n) is 6.13. The van der Waals surface area contributed by atoms with E-state index < -0.39 is 20.1 Å². The van der Waals surface area contributed by atoms with Gasteiger partial charge in [0.2, 0.25) is 0 Å². The van der Waals surface area contributed by atoms with Crippen molar-refractivity contribution in [3.05, 3.63) is 0 Å². The predicted molar refractivity (Wildman–Crippen MR) is 74.3 cm³/mol. The van der Waals surface area contributed by atoms with E-state index in [0.29, 0.717) is 19.4 Å². The average molecular weight is 293 g/mol. The van der Waals surface area contributed by atoms with Crippen LogP contribution in [0, 0.1) is 0 Å². The van der Waals surface area contributed by atoms with Crippen LogP contribution in [0.3, 0.4) is 0 Å². The van der Waals surface area contributed by atoms with Gasteiger partial charge in [-0.15, -0.1) is 0 Å². The number of alkyl carbamates (subject to hydrolysis) is 1. The van der Waals surface area contributed by atoms with Gasteiger partial charge in [0.15, 0.2) is 8.38 Å². The van der Waals surface area contributed by atoms with E-state index in [1.54, 1.807) is 20.8 Å². The van der Waals surface area contributed by atoms with Gasteiger partial charge in [-0.2, -0.15) is 0 Å². The largest absolute Gasteiger partial charge is 0.444 e. The molecule has 0 fully saturated rings. The molecular weight excluding hydrogens is 269 g/mol. The molecule has 0 aromatic heterocycles. The summed E-state index contributed by atoms with van der Waals surface area (Å²) in [7, 11) is 1.93. The molecule has 0 saturated carbocycles. The van der Waals surface area contributed by atoms with E-state index in [9.17, 15) is 9.59 Å². The zero-order chi connectivity index (χ0) is 14.9. The Bertz CT molecular complexity index is 286. The summed E-state index contributed by atoms with van der Waals surface area (Å²) in [6.07, 6.45) is 0.793. The summed E-state index contributed by atoms with van der Waals surface area (Å²) < 4.78 is 15.1. The zero-order valence-corrected chi connectivity index (χ0v) is 13.2. The molecule has 0 atom stereocenters. The van der Waals surface area contributed by atoms with E-state index in [4.69, 9.17) is 13.8 Å². The zero-order valence-electron chi connectivity index (χ0n) is 12.3. The molecule has 0 aliphatic carbocycles. The molecule has 0 saturated heterocycles. The van der Waals surface area contributed by atoms with Crippen molar-refractivity contribution < 1.29 is 23.4 Å². The van der Waals surface area contributed by atoms with Crippen LogP contribution in [0.1, 0.15) is 33.6 Å². The molecule has 19 heavy (non-hydrogen) atoms. The fourth-order valence-corrected chi connectivity index (χ4v) is 2.07. The molecule has 0 spiro atoms. The third-order valence-corrected chi connectivity index (χ3v) is 3.44. The van der Waals surface area contributed by atoms with E-state index in [2.05, 4.69) is 5.32 Å². The fourth-order valence-electron chi connectivity index (χ4n) is 1.22. The number of amides is 1. The van der Waals surface area contributed by atoms with Crippen LogP contribution in [-0.4, -0.2) is 44.4 Å². The highest BCUT2D eigenvalue weighted by Gasteiger charge is 2.16.